The van der Waals surface area contributed by atoms with Crippen molar-refractivity contribution >= 4 is 39.7 Å². The molecule has 1 amide bonds. The quantitative estimate of drug-likeness (QED) is 0.170. The Hall–Kier alpha value is -4.25. The van der Waals surface area contributed by atoms with Crippen molar-refractivity contribution in [1.82, 2.24) is 5.43 Å². The van der Waals surface area contributed by atoms with Gasteiger partial charge in [0, 0.05) is 22.2 Å². The Morgan fingerprint density at radius 3 is 2.59 bits per heavy atom. The Morgan fingerprint density at radius 1 is 1.12 bits per heavy atom. The van der Waals surface area contributed by atoms with E-state index in [0.717, 1.165) is 0 Å². The highest BCUT2D eigenvalue weighted by Gasteiger charge is 2.27. The molecule has 0 bridgehead atoms. The van der Waals surface area contributed by atoms with E-state index in [1.54, 1.807) is 42.5 Å². The van der Waals surface area contributed by atoms with Gasteiger partial charge in [0.1, 0.15) is 12.4 Å². The van der Waals surface area contributed by atoms with Crippen LogP contribution in [0.25, 0.3) is 0 Å². The molecule has 3 aromatic rings. The zero-order valence-electron chi connectivity index (χ0n) is 17.3. The van der Waals surface area contributed by atoms with Gasteiger partial charge < -0.3 is 14.2 Å². The second-order valence-corrected chi connectivity index (χ2v) is 7.89. The molecule has 10 nitrogen and oxygen atoms in total. The number of hydrogen-bond acceptors (Lipinski definition) is 8. The molecule has 1 aliphatic rings. The van der Waals surface area contributed by atoms with Crippen LogP contribution in [0.2, 0.25) is 0 Å². The standard InChI is InChI=1S/C23H16BrN3O7/c24-16-7-10-18(34-23(29)14-5-8-17(9-6-14)27(30)31)15(11-16)12-25-26-22(28)21-13-32-19-3-1-2-4-20(19)33-21/h1-12,21H,13H2,(H,26,28)/b25-12+. The highest BCUT2D eigenvalue weighted by atomic mass is 79.9. The minimum absolute atomic E-state index is 0.0351. The highest BCUT2D eigenvalue weighted by molar-refractivity contribution is 9.10. The van der Waals surface area contributed by atoms with Crippen LogP contribution in [0.5, 0.6) is 17.2 Å². The molecule has 1 atom stereocenters. The van der Waals surface area contributed by atoms with E-state index in [1.165, 1.54) is 30.5 Å². The highest BCUT2D eigenvalue weighted by Crippen LogP contribution is 2.31. The van der Waals surface area contributed by atoms with Gasteiger partial charge in [0.05, 0.1) is 16.7 Å². The molecule has 1 heterocycles. The molecule has 11 heteroatoms. The molecule has 0 saturated carbocycles. The monoisotopic (exact) mass is 525 g/mol. The van der Waals surface area contributed by atoms with E-state index in [1.807, 2.05) is 0 Å². The lowest BCUT2D eigenvalue weighted by Gasteiger charge is -2.24. The summed E-state index contributed by atoms with van der Waals surface area (Å²) in [6, 6.07) is 16.9. The van der Waals surface area contributed by atoms with Crippen LogP contribution in [0, 0.1) is 10.1 Å². The molecule has 0 fully saturated rings. The van der Waals surface area contributed by atoms with Crippen LogP contribution in [-0.4, -0.2) is 35.7 Å². The number of hydrazone groups is 1. The van der Waals surface area contributed by atoms with Crippen LogP contribution in [0.1, 0.15) is 15.9 Å². The number of esters is 1. The van der Waals surface area contributed by atoms with E-state index >= 15 is 0 Å². The van der Waals surface area contributed by atoms with Crippen molar-refractivity contribution in [2.45, 2.75) is 6.10 Å². The normalized spacial score (nSPS) is 14.4. The number of rotatable bonds is 6. The molecule has 172 valence electrons. The number of nitro benzene ring substituents is 1. The average molecular weight is 526 g/mol. The maximum atomic E-state index is 12.5. The predicted molar refractivity (Wildman–Crippen MR) is 124 cm³/mol. The van der Waals surface area contributed by atoms with Crippen molar-refractivity contribution in [2.75, 3.05) is 6.61 Å². The van der Waals surface area contributed by atoms with Crippen LogP contribution >= 0.6 is 15.9 Å². The van der Waals surface area contributed by atoms with Gasteiger partial charge in [-0.1, -0.05) is 28.1 Å². The van der Waals surface area contributed by atoms with E-state index in [2.05, 4.69) is 26.5 Å². The van der Waals surface area contributed by atoms with Crippen molar-refractivity contribution < 1.29 is 28.7 Å². The molecule has 0 spiro atoms. The van der Waals surface area contributed by atoms with E-state index in [4.69, 9.17) is 14.2 Å². The number of para-hydroxylation sites is 2. The maximum absolute atomic E-state index is 12.5. The van der Waals surface area contributed by atoms with E-state index in [9.17, 15) is 19.7 Å². The zero-order chi connectivity index (χ0) is 24.1. The van der Waals surface area contributed by atoms with Crippen molar-refractivity contribution in [3.05, 3.63) is 92.4 Å². The molecule has 34 heavy (non-hydrogen) atoms. The van der Waals surface area contributed by atoms with Crippen molar-refractivity contribution in [3.63, 3.8) is 0 Å². The van der Waals surface area contributed by atoms with Crippen LogP contribution in [0.15, 0.2) is 76.3 Å². The summed E-state index contributed by atoms with van der Waals surface area (Å²) in [4.78, 5) is 35.1. The van der Waals surface area contributed by atoms with Crippen molar-refractivity contribution in [1.29, 1.82) is 0 Å². The number of hydrogen-bond donors (Lipinski definition) is 1. The molecule has 0 aliphatic carbocycles. The Bertz CT molecular complexity index is 1280. The molecule has 0 aromatic heterocycles. The van der Waals surface area contributed by atoms with Gasteiger partial charge in [-0.25, -0.2) is 10.2 Å². The number of non-ortho nitro benzene ring substituents is 1. The molecule has 1 aliphatic heterocycles. The number of nitrogens with one attached hydrogen (secondary N) is 1. The fourth-order valence-corrected chi connectivity index (χ4v) is 3.36. The predicted octanol–water partition coefficient (Wildman–Crippen LogP) is 3.87. The van der Waals surface area contributed by atoms with E-state index in [0.29, 0.717) is 21.5 Å². The molecular weight excluding hydrogens is 510 g/mol. The van der Waals surface area contributed by atoms with E-state index < -0.39 is 22.9 Å². The summed E-state index contributed by atoms with van der Waals surface area (Å²) in [5.41, 5.74) is 2.78. The zero-order valence-corrected chi connectivity index (χ0v) is 18.9. The van der Waals surface area contributed by atoms with Crippen LogP contribution < -0.4 is 19.6 Å². The van der Waals surface area contributed by atoms with Gasteiger partial charge in [-0.3, -0.25) is 14.9 Å². The van der Waals surface area contributed by atoms with Gasteiger partial charge in [-0.05, 0) is 42.5 Å². The van der Waals surface area contributed by atoms with Gasteiger partial charge in [-0.2, -0.15) is 5.10 Å². The molecule has 4 rings (SSSR count). The summed E-state index contributed by atoms with van der Waals surface area (Å²) < 4.78 is 17.3. The molecule has 1 N–H and O–H groups in total. The second kappa shape index (κ2) is 10.1. The Balaban J connectivity index is 1.42. The number of ether oxygens (including phenoxy) is 3. The summed E-state index contributed by atoms with van der Waals surface area (Å²) >= 11 is 3.34. The number of halogens is 1. The number of benzene rings is 3. The third kappa shape index (κ3) is 5.38. The topological polar surface area (TPSA) is 129 Å². The van der Waals surface area contributed by atoms with Gasteiger partial charge in [0.2, 0.25) is 6.10 Å². The largest absolute Gasteiger partial charge is 0.485 e. The van der Waals surface area contributed by atoms with Gasteiger partial charge >= 0.3 is 5.97 Å². The fraction of sp³-hybridized carbons (Fsp3) is 0.0870. The average Bonchev–Trinajstić information content (AvgIpc) is 2.85. The maximum Gasteiger partial charge on any atom is 0.343 e. The summed E-state index contributed by atoms with van der Waals surface area (Å²) in [5, 5.41) is 14.7. The van der Waals surface area contributed by atoms with Gasteiger partial charge in [0.15, 0.2) is 11.5 Å². The molecule has 1 unspecified atom stereocenters. The summed E-state index contributed by atoms with van der Waals surface area (Å²) in [7, 11) is 0. The van der Waals surface area contributed by atoms with Crippen molar-refractivity contribution in [3.8, 4) is 17.2 Å². The third-order valence-electron chi connectivity index (χ3n) is 4.67. The first-order valence-electron chi connectivity index (χ1n) is 9.88. The number of amides is 1. The number of nitrogens with zero attached hydrogens (tertiary/aromatic N) is 2. The molecular formula is C23H16BrN3O7. The molecule has 0 saturated heterocycles. The third-order valence-corrected chi connectivity index (χ3v) is 5.16. The summed E-state index contributed by atoms with van der Waals surface area (Å²) in [5.74, 6) is -0.0165. The summed E-state index contributed by atoms with van der Waals surface area (Å²) in [6.45, 7) is 0.0351. The molecule has 0 radical (unpaired) electrons. The lowest BCUT2D eigenvalue weighted by Crippen LogP contribution is -2.42. The lowest BCUT2D eigenvalue weighted by molar-refractivity contribution is -0.384. The number of carbonyl (C=O) groups is 2. The Morgan fingerprint density at radius 2 is 1.85 bits per heavy atom. The first kappa shape index (κ1) is 22.9. The second-order valence-electron chi connectivity index (χ2n) is 6.97. The van der Waals surface area contributed by atoms with Gasteiger partial charge in [-0.15, -0.1) is 0 Å². The Kier molecular flexibility index (Phi) is 6.83. The fourth-order valence-electron chi connectivity index (χ4n) is 2.98. The van der Waals surface area contributed by atoms with Crippen LogP contribution in [-0.2, 0) is 4.79 Å². The number of carbonyl (C=O) groups excluding carboxylic acids is 2. The van der Waals surface area contributed by atoms with E-state index in [-0.39, 0.29) is 23.6 Å². The minimum Gasteiger partial charge on any atom is -0.485 e. The first-order valence-corrected chi connectivity index (χ1v) is 10.7. The number of fused-ring (bicyclic) bond motifs is 1. The minimum atomic E-state index is -0.881. The van der Waals surface area contributed by atoms with Crippen LogP contribution in [0.3, 0.4) is 0 Å². The lowest BCUT2D eigenvalue weighted by atomic mass is 10.2. The van der Waals surface area contributed by atoms with Crippen molar-refractivity contribution in [2.24, 2.45) is 5.10 Å². The smallest absolute Gasteiger partial charge is 0.343 e. The summed E-state index contributed by atoms with van der Waals surface area (Å²) in [6.07, 6.45) is 0.438. The SMILES string of the molecule is O=C(Oc1ccc(Br)cc1/C=N/NC(=O)C1COc2ccccc2O1)c1ccc([N+](=O)[O-])cc1. The molecule has 3 aromatic carbocycles. The Labute approximate surface area is 201 Å². The first-order chi connectivity index (χ1) is 16.4. The number of nitro groups is 1. The van der Waals surface area contributed by atoms with Gasteiger partial charge in [0.25, 0.3) is 11.6 Å². The van der Waals surface area contributed by atoms with Crippen LogP contribution in [0.4, 0.5) is 5.69 Å².